The van der Waals surface area contributed by atoms with Gasteiger partial charge < -0.3 is 5.32 Å². The Morgan fingerprint density at radius 1 is 1.20 bits per heavy atom. The summed E-state index contributed by atoms with van der Waals surface area (Å²) in [4.78, 5) is 0. The molecule has 0 radical (unpaired) electrons. The highest BCUT2D eigenvalue weighted by molar-refractivity contribution is 14.1. The van der Waals surface area contributed by atoms with Crippen molar-refractivity contribution in [2.45, 2.75) is 25.2 Å². The van der Waals surface area contributed by atoms with E-state index >= 15 is 0 Å². The van der Waals surface area contributed by atoms with E-state index in [2.05, 4.69) is 64.3 Å². The number of halogens is 2. The lowest BCUT2D eigenvalue weighted by Gasteiger charge is -2.26. The molecule has 2 aromatic carbocycles. The standard InChI is InChI=1S/C17H17ClIN/c18-16-10-14(19)8-9-17(16)20-11-13-6-3-5-12-4-1-2-7-15(12)13/h1-2,4,7-10,13,20H,3,5-6,11H2. The Kier molecular flexibility index (Phi) is 4.51. The van der Waals surface area contributed by atoms with Gasteiger partial charge in [0.25, 0.3) is 0 Å². The number of fused-ring (bicyclic) bond motifs is 1. The van der Waals surface area contributed by atoms with Crippen LogP contribution < -0.4 is 5.32 Å². The van der Waals surface area contributed by atoms with Crippen molar-refractivity contribution >= 4 is 39.9 Å². The molecule has 1 unspecified atom stereocenters. The third kappa shape index (κ3) is 3.12. The van der Waals surface area contributed by atoms with E-state index in [4.69, 9.17) is 11.6 Å². The molecule has 1 aliphatic carbocycles. The van der Waals surface area contributed by atoms with Crippen LogP contribution in [-0.4, -0.2) is 6.54 Å². The number of hydrogen-bond donors (Lipinski definition) is 1. The van der Waals surface area contributed by atoms with Crippen LogP contribution >= 0.6 is 34.2 Å². The highest BCUT2D eigenvalue weighted by Gasteiger charge is 2.19. The first-order chi connectivity index (χ1) is 9.74. The van der Waals surface area contributed by atoms with Crippen LogP contribution in [0.2, 0.25) is 5.02 Å². The summed E-state index contributed by atoms with van der Waals surface area (Å²) in [5, 5.41) is 4.32. The molecule has 3 rings (SSSR count). The second kappa shape index (κ2) is 6.35. The fraction of sp³-hybridized carbons (Fsp3) is 0.294. The molecule has 0 spiro atoms. The average molecular weight is 398 g/mol. The molecule has 0 saturated heterocycles. The summed E-state index contributed by atoms with van der Waals surface area (Å²) >= 11 is 8.56. The van der Waals surface area contributed by atoms with Crippen molar-refractivity contribution in [3.63, 3.8) is 0 Å². The third-order valence-electron chi connectivity index (χ3n) is 3.96. The van der Waals surface area contributed by atoms with Crippen LogP contribution in [0.4, 0.5) is 5.69 Å². The first-order valence-corrected chi connectivity index (χ1v) is 8.46. The van der Waals surface area contributed by atoms with Crippen molar-refractivity contribution in [3.05, 3.63) is 62.2 Å². The van der Waals surface area contributed by atoms with Gasteiger partial charge in [-0.1, -0.05) is 35.9 Å². The van der Waals surface area contributed by atoms with Gasteiger partial charge in [-0.25, -0.2) is 0 Å². The lowest BCUT2D eigenvalue weighted by atomic mass is 9.83. The van der Waals surface area contributed by atoms with Gasteiger partial charge in [0.2, 0.25) is 0 Å². The maximum atomic E-state index is 6.28. The molecule has 2 aromatic rings. The minimum atomic E-state index is 0.593. The Bertz CT molecular complexity index is 612. The van der Waals surface area contributed by atoms with E-state index in [9.17, 15) is 0 Å². The van der Waals surface area contributed by atoms with Crippen LogP contribution in [0.15, 0.2) is 42.5 Å². The van der Waals surface area contributed by atoms with Gasteiger partial charge in [0.1, 0.15) is 0 Å². The fourth-order valence-electron chi connectivity index (χ4n) is 2.93. The topological polar surface area (TPSA) is 12.0 Å². The van der Waals surface area contributed by atoms with Gasteiger partial charge >= 0.3 is 0 Å². The van der Waals surface area contributed by atoms with Crippen molar-refractivity contribution in [3.8, 4) is 0 Å². The normalized spacial score (nSPS) is 17.6. The zero-order valence-electron chi connectivity index (χ0n) is 11.2. The van der Waals surface area contributed by atoms with Crippen LogP contribution in [0.3, 0.4) is 0 Å². The van der Waals surface area contributed by atoms with E-state index < -0.39 is 0 Å². The van der Waals surface area contributed by atoms with E-state index in [1.54, 1.807) is 0 Å². The minimum absolute atomic E-state index is 0.593. The van der Waals surface area contributed by atoms with Gasteiger partial charge in [0.15, 0.2) is 0 Å². The zero-order valence-corrected chi connectivity index (χ0v) is 14.1. The Labute approximate surface area is 138 Å². The van der Waals surface area contributed by atoms with Gasteiger partial charge in [0.05, 0.1) is 10.7 Å². The predicted octanol–water partition coefficient (Wildman–Crippen LogP) is 5.48. The Morgan fingerprint density at radius 3 is 2.90 bits per heavy atom. The lowest BCUT2D eigenvalue weighted by Crippen LogP contribution is -2.18. The van der Waals surface area contributed by atoms with Gasteiger partial charge in [-0.05, 0) is 71.2 Å². The van der Waals surface area contributed by atoms with Crippen LogP contribution in [0, 0.1) is 3.57 Å². The van der Waals surface area contributed by atoms with Crippen molar-refractivity contribution in [1.29, 1.82) is 0 Å². The number of anilines is 1. The van der Waals surface area contributed by atoms with Crippen LogP contribution in [0.1, 0.15) is 29.9 Å². The van der Waals surface area contributed by atoms with E-state index in [-0.39, 0.29) is 0 Å². The summed E-state index contributed by atoms with van der Waals surface area (Å²) in [6, 6.07) is 15.0. The highest BCUT2D eigenvalue weighted by Crippen LogP contribution is 2.32. The maximum absolute atomic E-state index is 6.28. The van der Waals surface area contributed by atoms with Gasteiger partial charge in [-0.2, -0.15) is 0 Å². The summed E-state index contributed by atoms with van der Waals surface area (Å²) < 4.78 is 1.17. The van der Waals surface area contributed by atoms with Gasteiger partial charge in [-0.15, -0.1) is 0 Å². The first kappa shape index (κ1) is 14.2. The molecule has 3 heteroatoms. The third-order valence-corrected chi connectivity index (χ3v) is 4.95. The van der Waals surface area contributed by atoms with Crippen molar-refractivity contribution in [1.82, 2.24) is 0 Å². The number of aryl methyl sites for hydroxylation is 1. The van der Waals surface area contributed by atoms with E-state index in [0.29, 0.717) is 5.92 Å². The van der Waals surface area contributed by atoms with Crippen LogP contribution in [-0.2, 0) is 6.42 Å². The van der Waals surface area contributed by atoms with Crippen LogP contribution in [0.5, 0.6) is 0 Å². The molecule has 0 aliphatic heterocycles. The molecule has 0 fully saturated rings. The second-order valence-corrected chi connectivity index (χ2v) is 6.95. The molecule has 104 valence electrons. The quantitative estimate of drug-likeness (QED) is 0.677. The first-order valence-electron chi connectivity index (χ1n) is 7.01. The predicted molar refractivity (Wildman–Crippen MR) is 94.8 cm³/mol. The molecule has 1 N–H and O–H groups in total. The monoisotopic (exact) mass is 397 g/mol. The molecule has 0 bridgehead atoms. The molecule has 20 heavy (non-hydrogen) atoms. The molecule has 0 heterocycles. The molecule has 0 aromatic heterocycles. The van der Waals surface area contributed by atoms with E-state index in [0.717, 1.165) is 17.3 Å². The summed E-state index contributed by atoms with van der Waals surface area (Å²) in [6.45, 7) is 0.956. The fourth-order valence-corrected chi connectivity index (χ4v) is 3.86. The summed E-state index contributed by atoms with van der Waals surface area (Å²) in [5.41, 5.74) is 4.06. The van der Waals surface area contributed by atoms with Gasteiger partial charge in [-0.3, -0.25) is 0 Å². The molecular weight excluding hydrogens is 381 g/mol. The van der Waals surface area contributed by atoms with E-state index in [1.807, 2.05) is 6.07 Å². The molecule has 1 nitrogen and oxygen atoms in total. The Balaban J connectivity index is 1.73. The lowest BCUT2D eigenvalue weighted by molar-refractivity contribution is 0.572. The number of rotatable bonds is 3. The Morgan fingerprint density at radius 2 is 2.05 bits per heavy atom. The summed E-state index contributed by atoms with van der Waals surface area (Å²) in [7, 11) is 0. The smallest absolute Gasteiger partial charge is 0.0648 e. The summed E-state index contributed by atoms with van der Waals surface area (Å²) in [6.07, 6.45) is 3.76. The van der Waals surface area contributed by atoms with Crippen molar-refractivity contribution < 1.29 is 0 Å². The average Bonchev–Trinajstić information content (AvgIpc) is 2.46. The molecular formula is C17H17ClIN. The van der Waals surface area contributed by atoms with E-state index in [1.165, 1.54) is 34.0 Å². The molecule has 1 atom stereocenters. The number of benzene rings is 2. The highest BCUT2D eigenvalue weighted by atomic mass is 127. The van der Waals surface area contributed by atoms with Gasteiger partial charge in [0, 0.05) is 16.0 Å². The maximum Gasteiger partial charge on any atom is 0.0648 e. The summed E-state index contributed by atoms with van der Waals surface area (Å²) in [5.74, 6) is 0.593. The molecule has 0 amide bonds. The van der Waals surface area contributed by atoms with Crippen molar-refractivity contribution in [2.75, 3.05) is 11.9 Å². The Hall–Kier alpha value is -0.740. The minimum Gasteiger partial charge on any atom is -0.383 e. The largest absolute Gasteiger partial charge is 0.383 e. The van der Waals surface area contributed by atoms with Crippen molar-refractivity contribution in [2.24, 2.45) is 0 Å². The number of nitrogens with one attached hydrogen (secondary N) is 1. The molecule has 0 saturated carbocycles. The molecule has 1 aliphatic rings. The van der Waals surface area contributed by atoms with Crippen LogP contribution in [0.25, 0.3) is 0 Å². The number of hydrogen-bond acceptors (Lipinski definition) is 1. The second-order valence-electron chi connectivity index (χ2n) is 5.29. The zero-order chi connectivity index (χ0) is 13.9. The SMILES string of the molecule is Clc1cc(I)ccc1NCC1CCCc2ccccc21.